The predicted molar refractivity (Wildman–Crippen MR) is 87.5 cm³/mol. The van der Waals surface area contributed by atoms with Gasteiger partial charge in [0.05, 0.1) is 5.69 Å². The number of carbonyl (C=O) groups is 2. The van der Waals surface area contributed by atoms with E-state index in [9.17, 15) is 27.2 Å². The van der Waals surface area contributed by atoms with Crippen LogP contribution in [0.1, 0.15) is 12.5 Å². The minimum atomic E-state index is -1.73. The summed E-state index contributed by atoms with van der Waals surface area (Å²) in [6.45, 7) is 0.563. The number of anilines is 1. The van der Waals surface area contributed by atoms with E-state index in [2.05, 4.69) is 5.32 Å². The van der Waals surface area contributed by atoms with E-state index in [1.807, 2.05) is 0 Å². The van der Waals surface area contributed by atoms with Crippen molar-refractivity contribution < 1.29 is 27.2 Å². The largest absolute Gasteiger partial charge is 0.354 e. The van der Waals surface area contributed by atoms with E-state index in [-0.39, 0.29) is 13.0 Å². The van der Waals surface area contributed by atoms with Crippen LogP contribution < -0.4 is 10.2 Å². The van der Waals surface area contributed by atoms with Gasteiger partial charge in [-0.05, 0) is 30.2 Å². The van der Waals surface area contributed by atoms with Crippen LogP contribution in [0, 0.1) is 23.3 Å². The highest BCUT2D eigenvalue weighted by molar-refractivity contribution is 5.97. The molecule has 2 amide bonds. The summed E-state index contributed by atoms with van der Waals surface area (Å²) in [5, 5.41) is 2.47. The highest BCUT2D eigenvalue weighted by Crippen LogP contribution is 2.23. The molecular formula is C18H16F4N2O2. The lowest BCUT2D eigenvalue weighted by Gasteiger charge is -2.21. The molecule has 2 rings (SSSR count). The molecule has 26 heavy (non-hydrogen) atoms. The molecule has 0 bridgehead atoms. The number of carbonyl (C=O) groups excluding carboxylic acids is 2. The molecule has 138 valence electrons. The summed E-state index contributed by atoms with van der Waals surface area (Å²) < 4.78 is 53.7. The standard InChI is InChI=1S/C18H16F4N2O2/c1-11(25)24(15-7-6-14(20)17(21)18(15)22)10-16(26)23-9-8-12-4-2-3-5-13(12)19/h2-7H,8-10H2,1H3,(H,23,26). The Kier molecular flexibility index (Phi) is 6.32. The zero-order valence-corrected chi connectivity index (χ0v) is 13.9. The average Bonchev–Trinajstić information content (AvgIpc) is 2.60. The fraction of sp³-hybridized carbons (Fsp3) is 0.222. The van der Waals surface area contributed by atoms with Crippen LogP contribution in [0.3, 0.4) is 0 Å². The van der Waals surface area contributed by atoms with Crippen molar-refractivity contribution in [3.05, 3.63) is 65.2 Å². The first-order chi connectivity index (χ1) is 12.3. The van der Waals surface area contributed by atoms with Crippen LogP contribution in [-0.2, 0) is 16.0 Å². The smallest absolute Gasteiger partial charge is 0.240 e. The van der Waals surface area contributed by atoms with Crippen molar-refractivity contribution in [2.24, 2.45) is 0 Å². The van der Waals surface area contributed by atoms with Crippen molar-refractivity contribution in [1.29, 1.82) is 0 Å². The molecule has 0 radical (unpaired) electrons. The number of nitrogens with zero attached hydrogens (tertiary/aromatic N) is 1. The Morgan fingerprint density at radius 1 is 0.962 bits per heavy atom. The van der Waals surface area contributed by atoms with Gasteiger partial charge < -0.3 is 10.2 Å². The predicted octanol–water partition coefficient (Wildman–Crippen LogP) is 2.95. The molecule has 4 nitrogen and oxygen atoms in total. The fourth-order valence-corrected chi connectivity index (χ4v) is 2.33. The van der Waals surface area contributed by atoms with Crippen molar-refractivity contribution in [2.75, 3.05) is 18.0 Å². The third-order valence-electron chi connectivity index (χ3n) is 3.66. The first-order valence-corrected chi connectivity index (χ1v) is 7.73. The first-order valence-electron chi connectivity index (χ1n) is 7.73. The Morgan fingerprint density at radius 2 is 1.65 bits per heavy atom. The van der Waals surface area contributed by atoms with Crippen molar-refractivity contribution >= 4 is 17.5 Å². The van der Waals surface area contributed by atoms with Gasteiger partial charge in [0.15, 0.2) is 17.5 Å². The molecule has 0 aliphatic rings. The van der Waals surface area contributed by atoms with E-state index in [0.717, 1.165) is 13.0 Å². The van der Waals surface area contributed by atoms with E-state index >= 15 is 0 Å². The number of nitrogens with one attached hydrogen (secondary N) is 1. The van der Waals surface area contributed by atoms with Gasteiger partial charge in [-0.2, -0.15) is 0 Å². The summed E-state index contributed by atoms with van der Waals surface area (Å²) in [7, 11) is 0. The maximum Gasteiger partial charge on any atom is 0.240 e. The second-order valence-electron chi connectivity index (χ2n) is 5.49. The Hall–Kier alpha value is -2.90. The van der Waals surface area contributed by atoms with Crippen LogP contribution in [0.4, 0.5) is 23.2 Å². The van der Waals surface area contributed by atoms with Gasteiger partial charge in [-0.25, -0.2) is 17.6 Å². The minimum Gasteiger partial charge on any atom is -0.354 e. The van der Waals surface area contributed by atoms with Crippen LogP contribution in [0.2, 0.25) is 0 Å². The van der Waals surface area contributed by atoms with E-state index < -0.39 is 47.3 Å². The Balaban J connectivity index is 2.02. The summed E-state index contributed by atoms with van der Waals surface area (Å²) >= 11 is 0. The fourth-order valence-electron chi connectivity index (χ4n) is 2.33. The van der Waals surface area contributed by atoms with Crippen LogP contribution >= 0.6 is 0 Å². The molecular weight excluding hydrogens is 352 g/mol. The number of rotatable bonds is 6. The van der Waals surface area contributed by atoms with Gasteiger partial charge in [0.2, 0.25) is 11.8 Å². The molecule has 0 fully saturated rings. The zero-order valence-electron chi connectivity index (χ0n) is 13.9. The number of halogens is 4. The molecule has 0 aromatic heterocycles. The summed E-state index contributed by atoms with van der Waals surface area (Å²) in [5.74, 6) is -6.46. The summed E-state index contributed by atoms with van der Waals surface area (Å²) in [5.41, 5.74) is -0.136. The van der Waals surface area contributed by atoms with Gasteiger partial charge in [-0.1, -0.05) is 18.2 Å². The van der Waals surface area contributed by atoms with Crippen LogP contribution in [0.15, 0.2) is 36.4 Å². The van der Waals surface area contributed by atoms with Gasteiger partial charge >= 0.3 is 0 Å². The number of benzene rings is 2. The summed E-state index contributed by atoms with van der Waals surface area (Å²) in [6.07, 6.45) is 0.220. The van der Waals surface area contributed by atoms with E-state index in [1.54, 1.807) is 18.2 Å². The average molecular weight is 368 g/mol. The van der Waals surface area contributed by atoms with Gasteiger partial charge in [0, 0.05) is 13.5 Å². The molecule has 1 N–H and O–H groups in total. The normalized spacial score (nSPS) is 10.5. The molecule has 0 saturated heterocycles. The highest BCUT2D eigenvalue weighted by Gasteiger charge is 2.23. The molecule has 0 atom stereocenters. The van der Waals surface area contributed by atoms with Crippen LogP contribution in [0.5, 0.6) is 0 Å². The number of amides is 2. The molecule has 0 spiro atoms. The van der Waals surface area contributed by atoms with E-state index in [0.29, 0.717) is 16.5 Å². The van der Waals surface area contributed by atoms with Crippen molar-refractivity contribution in [3.63, 3.8) is 0 Å². The van der Waals surface area contributed by atoms with Crippen molar-refractivity contribution in [1.82, 2.24) is 5.32 Å². The quantitative estimate of drug-likeness (QED) is 0.630. The molecule has 0 aliphatic heterocycles. The maximum absolute atomic E-state index is 13.9. The molecule has 2 aromatic rings. The Morgan fingerprint density at radius 3 is 2.31 bits per heavy atom. The lowest BCUT2D eigenvalue weighted by Crippen LogP contribution is -2.41. The number of hydrogen-bond donors (Lipinski definition) is 1. The topological polar surface area (TPSA) is 49.4 Å². The van der Waals surface area contributed by atoms with Gasteiger partial charge in [0.1, 0.15) is 12.4 Å². The lowest BCUT2D eigenvalue weighted by molar-refractivity contribution is -0.123. The van der Waals surface area contributed by atoms with E-state index in [4.69, 9.17) is 0 Å². The lowest BCUT2D eigenvalue weighted by atomic mass is 10.1. The summed E-state index contributed by atoms with van der Waals surface area (Å²) in [6, 6.07) is 7.60. The van der Waals surface area contributed by atoms with Crippen molar-refractivity contribution in [3.8, 4) is 0 Å². The third-order valence-corrected chi connectivity index (χ3v) is 3.66. The Bertz CT molecular complexity index is 827. The monoisotopic (exact) mass is 368 g/mol. The second kappa shape index (κ2) is 8.46. The molecule has 8 heteroatoms. The minimum absolute atomic E-state index is 0.0891. The molecule has 0 unspecified atom stereocenters. The Labute approximate surface area is 147 Å². The van der Waals surface area contributed by atoms with Gasteiger partial charge in [0.25, 0.3) is 0 Å². The third kappa shape index (κ3) is 4.59. The van der Waals surface area contributed by atoms with E-state index in [1.165, 1.54) is 6.07 Å². The maximum atomic E-state index is 13.9. The summed E-state index contributed by atoms with van der Waals surface area (Å²) in [4.78, 5) is 24.4. The second-order valence-corrected chi connectivity index (χ2v) is 5.49. The van der Waals surface area contributed by atoms with Crippen LogP contribution in [0.25, 0.3) is 0 Å². The zero-order chi connectivity index (χ0) is 19.3. The molecule has 0 aliphatic carbocycles. The molecule has 0 saturated carbocycles. The first kappa shape index (κ1) is 19.4. The van der Waals surface area contributed by atoms with Gasteiger partial charge in [-0.3, -0.25) is 9.59 Å². The van der Waals surface area contributed by atoms with Crippen LogP contribution in [-0.4, -0.2) is 24.9 Å². The highest BCUT2D eigenvalue weighted by atomic mass is 19.2. The van der Waals surface area contributed by atoms with Crippen molar-refractivity contribution in [2.45, 2.75) is 13.3 Å². The number of hydrogen-bond acceptors (Lipinski definition) is 2. The molecule has 2 aromatic carbocycles. The molecule has 0 heterocycles. The SMILES string of the molecule is CC(=O)N(CC(=O)NCCc1ccccc1F)c1ccc(F)c(F)c1F. The van der Waals surface area contributed by atoms with Gasteiger partial charge in [-0.15, -0.1) is 0 Å².